The Morgan fingerprint density at radius 2 is 2.04 bits per heavy atom. The van der Waals surface area contributed by atoms with E-state index in [2.05, 4.69) is 22.2 Å². The normalized spacial score (nSPS) is 17.2. The zero-order valence-electron chi connectivity index (χ0n) is 14.6. The first-order valence-electron chi connectivity index (χ1n) is 8.67. The average molecular weight is 342 g/mol. The molecule has 2 heterocycles. The number of carbonyl (C=O) groups is 1. The number of nitrogens with zero attached hydrogens (tertiary/aromatic N) is 3. The number of hydrogen-bond acceptors (Lipinski definition) is 4. The van der Waals surface area contributed by atoms with Crippen LogP contribution in [0.15, 0.2) is 30.3 Å². The number of halogens is 1. The van der Waals surface area contributed by atoms with Crippen LogP contribution >= 0.6 is 0 Å². The highest BCUT2D eigenvalue weighted by Gasteiger charge is 2.29. The molecule has 1 aliphatic rings. The van der Waals surface area contributed by atoms with Gasteiger partial charge >= 0.3 is 0 Å². The van der Waals surface area contributed by atoms with E-state index in [1.54, 1.807) is 12.1 Å². The van der Waals surface area contributed by atoms with Gasteiger partial charge in [-0.3, -0.25) is 4.79 Å². The second kappa shape index (κ2) is 7.59. The molecule has 1 amide bonds. The first-order chi connectivity index (χ1) is 12.0. The second-order valence-electron chi connectivity index (χ2n) is 6.41. The summed E-state index contributed by atoms with van der Waals surface area (Å²) in [4.78, 5) is 22.9. The molecule has 25 heavy (non-hydrogen) atoms. The Bertz CT molecular complexity index is 748. The lowest BCUT2D eigenvalue weighted by Gasteiger charge is -2.17. The van der Waals surface area contributed by atoms with E-state index in [-0.39, 0.29) is 17.8 Å². The molecule has 132 valence electrons. The van der Waals surface area contributed by atoms with E-state index < -0.39 is 0 Å². The molecule has 2 aromatic rings. The maximum atomic E-state index is 12.9. The highest BCUT2D eigenvalue weighted by atomic mass is 19.1. The number of carbonyl (C=O) groups excluding carboxylic acids is 1. The van der Waals surface area contributed by atoms with Crippen molar-refractivity contribution in [2.75, 3.05) is 18.4 Å². The maximum Gasteiger partial charge on any atom is 0.224 e. The van der Waals surface area contributed by atoms with Crippen molar-refractivity contribution in [3.63, 3.8) is 0 Å². The van der Waals surface area contributed by atoms with Crippen LogP contribution in [0.2, 0.25) is 0 Å². The molecular formula is C19H23FN4O. The highest BCUT2D eigenvalue weighted by molar-refractivity contribution is 5.80. The van der Waals surface area contributed by atoms with E-state index in [0.717, 1.165) is 35.7 Å². The molecule has 0 bridgehead atoms. The highest BCUT2D eigenvalue weighted by Crippen LogP contribution is 2.17. The second-order valence-corrected chi connectivity index (χ2v) is 6.41. The molecule has 0 saturated carbocycles. The molecule has 0 unspecified atom stereocenters. The van der Waals surface area contributed by atoms with Crippen LogP contribution in [-0.2, 0) is 17.6 Å². The van der Waals surface area contributed by atoms with Gasteiger partial charge in [0.05, 0.1) is 6.04 Å². The topological polar surface area (TPSA) is 58.1 Å². The number of aromatic nitrogens is 2. The van der Waals surface area contributed by atoms with Crippen molar-refractivity contribution in [1.29, 1.82) is 0 Å². The molecule has 1 aromatic carbocycles. The van der Waals surface area contributed by atoms with E-state index >= 15 is 0 Å². The predicted octanol–water partition coefficient (Wildman–Crippen LogP) is 2.74. The molecule has 1 saturated heterocycles. The lowest BCUT2D eigenvalue weighted by atomic mass is 10.1. The van der Waals surface area contributed by atoms with Crippen molar-refractivity contribution >= 4 is 11.7 Å². The summed E-state index contributed by atoms with van der Waals surface area (Å²) in [6.45, 7) is 5.23. The summed E-state index contributed by atoms with van der Waals surface area (Å²) in [5.41, 5.74) is 2.03. The minimum atomic E-state index is -0.239. The molecule has 0 aliphatic carbocycles. The standard InChI is InChI=1S/C19H23FN4O/c1-3-16-10-18(22-13(2)21-16)23-17-11-19(25)24(12-17)9-8-14-4-6-15(20)7-5-14/h4-7,10,17H,3,8-9,11-12H2,1-2H3,(H,21,22,23)/t17-/m1/s1. The number of likely N-dealkylation sites (tertiary alicyclic amines) is 1. The molecule has 1 aromatic heterocycles. The number of anilines is 1. The van der Waals surface area contributed by atoms with Crippen LogP contribution in [0.5, 0.6) is 0 Å². The third-order valence-corrected chi connectivity index (χ3v) is 4.40. The van der Waals surface area contributed by atoms with E-state index in [1.165, 1.54) is 12.1 Å². The molecule has 3 rings (SSSR count). The van der Waals surface area contributed by atoms with E-state index in [4.69, 9.17) is 0 Å². The number of aryl methyl sites for hydroxylation is 2. The van der Waals surface area contributed by atoms with Crippen LogP contribution < -0.4 is 5.32 Å². The maximum absolute atomic E-state index is 12.9. The van der Waals surface area contributed by atoms with Crippen molar-refractivity contribution in [1.82, 2.24) is 14.9 Å². The van der Waals surface area contributed by atoms with Gasteiger partial charge in [-0.15, -0.1) is 0 Å². The van der Waals surface area contributed by atoms with Crippen molar-refractivity contribution in [3.05, 3.63) is 53.2 Å². The van der Waals surface area contributed by atoms with Gasteiger partial charge in [-0.05, 0) is 37.5 Å². The molecule has 0 spiro atoms. The predicted molar refractivity (Wildman–Crippen MR) is 94.9 cm³/mol. The Balaban J connectivity index is 1.57. The van der Waals surface area contributed by atoms with Gasteiger partial charge in [-0.1, -0.05) is 19.1 Å². The summed E-state index contributed by atoms with van der Waals surface area (Å²) >= 11 is 0. The van der Waals surface area contributed by atoms with E-state index in [0.29, 0.717) is 19.5 Å². The SMILES string of the molecule is CCc1cc(N[C@@H]2CC(=O)N(CCc3ccc(F)cc3)C2)nc(C)n1. The van der Waals surface area contributed by atoms with Gasteiger partial charge in [-0.25, -0.2) is 14.4 Å². The summed E-state index contributed by atoms with van der Waals surface area (Å²) in [6, 6.07) is 8.43. The van der Waals surface area contributed by atoms with Gasteiger partial charge in [0.1, 0.15) is 17.5 Å². The third-order valence-electron chi connectivity index (χ3n) is 4.40. The molecule has 1 fully saturated rings. The minimum absolute atomic E-state index is 0.0553. The summed E-state index contributed by atoms with van der Waals surface area (Å²) in [6.07, 6.45) is 2.05. The molecular weight excluding hydrogens is 319 g/mol. The Morgan fingerprint density at radius 3 is 2.76 bits per heavy atom. The zero-order valence-corrected chi connectivity index (χ0v) is 14.6. The smallest absolute Gasteiger partial charge is 0.224 e. The summed E-state index contributed by atoms with van der Waals surface area (Å²) < 4.78 is 12.9. The van der Waals surface area contributed by atoms with E-state index in [1.807, 2.05) is 17.9 Å². The van der Waals surface area contributed by atoms with Gasteiger partial charge in [0, 0.05) is 31.3 Å². The minimum Gasteiger partial charge on any atom is -0.365 e. The number of amides is 1. The van der Waals surface area contributed by atoms with Gasteiger partial charge in [0.2, 0.25) is 5.91 Å². The fourth-order valence-corrected chi connectivity index (χ4v) is 3.09. The summed E-state index contributed by atoms with van der Waals surface area (Å²) in [5.74, 6) is 1.42. The molecule has 1 N–H and O–H groups in total. The molecule has 5 nitrogen and oxygen atoms in total. The lowest BCUT2D eigenvalue weighted by molar-refractivity contribution is -0.127. The first-order valence-corrected chi connectivity index (χ1v) is 8.67. The molecule has 6 heteroatoms. The largest absolute Gasteiger partial charge is 0.365 e. The first kappa shape index (κ1) is 17.3. The van der Waals surface area contributed by atoms with Crippen molar-refractivity contribution < 1.29 is 9.18 Å². The number of hydrogen-bond donors (Lipinski definition) is 1. The van der Waals surface area contributed by atoms with Crippen molar-refractivity contribution in [2.24, 2.45) is 0 Å². The summed E-state index contributed by atoms with van der Waals surface area (Å²) in [5, 5.41) is 3.36. The molecule has 1 atom stereocenters. The number of nitrogens with one attached hydrogen (secondary N) is 1. The molecule has 1 aliphatic heterocycles. The van der Waals surface area contributed by atoms with Crippen LogP contribution in [0.25, 0.3) is 0 Å². The summed E-state index contributed by atoms with van der Waals surface area (Å²) in [7, 11) is 0. The Labute approximate surface area is 147 Å². The quantitative estimate of drug-likeness (QED) is 0.877. The van der Waals surface area contributed by atoms with Crippen LogP contribution in [0.1, 0.15) is 30.4 Å². The molecule has 0 radical (unpaired) electrons. The monoisotopic (exact) mass is 342 g/mol. The van der Waals surface area contributed by atoms with Crippen molar-refractivity contribution in [3.8, 4) is 0 Å². The number of benzene rings is 1. The third kappa shape index (κ3) is 4.53. The van der Waals surface area contributed by atoms with Gasteiger partial charge < -0.3 is 10.2 Å². The van der Waals surface area contributed by atoms with Crippen LogP contribution in [0, 0.1) is 12.7 Å². The Kier molecular flexibility index (Phi) is 5.26. The average Bonchev–Trinajstić information content (AvgIpc) is 2.93. The fourth-order valence-electron chi connectivity index (χ4n) is 3.09. The van der Waals surface area contributed by atoms with E-state index in [9.17, 15) is 9.18 Å². The van der Waals surface area contributed by atoms with Crippen LogP contribution in [0.3, 0.4) is 0 Å². The van der Waals surface area contributed by atoms with Gasteiger partial charge in [0.25, 0.3) is 0 Å². The lowest BCUT2D eigenvalue weighted by Crippen LogP contribution is -2.30. The van der Waals surface area contributed by atoms with Crippen LogP contribution in [-0.4, -0.2) is 39.9 Å². The van der Waals surface area contributed by atoms with Gasteiger partial charge in [0.15, 0.2) is 0 Å². The zero-order chi connectivity index (χ0) is 17.8. The van der Waals surface area contributed by atoms with Crippen LogP contribution in [0.4, 0.5) is 10.2 Å². The Hall–Kier alpha value is -2.50. The fraction of sp³-hybridized carbons (Fsp3) is 0.421. The Morgan fingerprint density at radius 1 is 1.28 bits per heavy atom. The number of rotatable bonds is 6. The van der Waals surface area contributed by atoms with Crippen molar-refractivity contribution in [2.45, 2.75) is 39.2 Å². The van der Waals surface area contributed by atoms with Gasteiger partial charge in [-0.2, -0.15) is 0 Å².